The molecule has 1 heterocycles. The highest BCUT2D eigenvalue weighted by Crippen LogP contribution is 2.13. The van der Waals surface area contributed by atoms with Gasteiger partial charge in [-0.1, -0.05) is 11.6 Å². The summed E-state index contributed by atoms with van der Waals surface area (Å²) >= 11 is 5.57. The minimum atomic E-state index is -0.690. The van der Waals surface area contributed by atoms with Crippen molar-refractivity contribution in [1.29, 1.82) is 0 Å². The van der Waals surface area contributed by atoms with Gasteiger partial charge in [0.1, 0.15) is 10.8 Å². The molecule has 1 rings (SSSR count). The summed E-state index contributed by atoms with van der Waals surface area (Å²) in [5.74, 6) is -0.541. The summed E-state index contributed by atoms with van der Waals surface area (Å²) in [7, 11) is 1.55. The average Bonchev–Trinajstić information content (AvgIpc) is 2.35. The molecule has 0 spiro atoms. The minimum Gasteiger partial charge on any atom is -0.359 e. The van der Waals surface area contributed by atoms with Crippen molar-refractivity contribution < 1.29 is 9.59 Å². The van der Waals surface area contributed by atoms with Crippen molar-refractivity contribution in [3.63, 3.8) is 0 Å². The van der Waals surface area contributed by atoms with Crippen molar-refractivity contribution in [3.8, 4) is 0 Å². The lowest BCUT2D eigenvalue weighted by molar-refractivity contribution is -0.128. The van der Waals surface area contributed by atoms with E-state index in [1.54, 1.807) is 20.9 Å². The predicted octanol–water partition coefficient (Wildman–Crippen LogP) is 0.632. The Kier molecular flexibility index (Phi) is 4.61. The number of carbonyl (C=O) groups is 2. The van der Waals surface area contributed by atoms with E-state index in [2.05, 4.69) is 20.6 Å². The molecule has 0 unspecified atom stereocenters. The van der Waals surface area contributed by atoms with E-state index in [4.69, 9.17) is 11.6 Å². The first-order valence-electron chi connectivity index (χ1n) is 5.35. The molecule has 0 aliphatic carbocycles. The molecule has 7 heteroatoms. The van der Waals surface area contributed by atoms with Crippen molar-refractivity contribution >= 4 is 23.4 Å². The summed E-state index contributed by atoms with van der Waals surface area (Å²) in [6.45, 7) is 3.68. The SMILES string of the molecule is CNC(=O)C(C)(C)CNC(=O)c1cnc(Cl)cn1. The van der Waals surface area contributed by atoms with Crippen molar-refractivity contribution in [3.05, 3.63) is 23.2 Å². The molecule has 1 aromatic rings. The Hall–Kier alpha value is -1.69. The number of hydrogen-bond donors (Lipinski definition) is 2. The number of nitrogens with one attached hydrogen (secondary N) is 2. The highest BCUT2D eigenvalue weighted by atomic mass is 35.5. The fourth-order valence-electron chi connectivity index (χ4n) is 1.24. The summed E-state index contributed by atoms with van der Waals surface area (Å²) in [5, 5.41) is 5.39. The van der Waals surface area contributed by atoms with Crippen molar-refractivity contribution in [2.45, 2.75) is 13.8 Å². The van der Waals surface area contributed by atoms with Crippen LogP contribution >= 0.6 is 11.6 Å². The lowest BCUT2D eigenvalue weighted by Gasteiger charge is -2.22. The van der Waals surface area contributed by atoms with Crippen molar-refractivity contribution in [2.75, 3.05) is 13.6 Å². The van der Waals surface area contributed by atoms with E-state index < -0.39 is 11.3 Å². The summed E-state index contributed by atoms with van der Waals surface area (Å²) < 4.78 is 0. The number of halogens is 1. The highest BCUT2D eigenvalue weighted by Gasteiger charge is 2.27. The third-order valence-electron chi connectivity index (χ3n) is 2.39. The molecule has 18 heavy (non-hydrogen) atoms. The fraction of sp³-hybridized carbons (Fsp3) is 0.455. The zero-order valence-corrected chi connectivity index (χ0v) is 11.2. The molecular weight excluding hydrogens is 256 g/mol. The molecule has 0 saturated heterocycles. The van der Waals surface area contributed by atoms with Crippen LogP contribution in [0.4, 0.5) is 0 Å². The number of rotatable bonds is 4. The first-order chi connectivity index (χ1) is 8.36. The second kappa shape index (κ2) is 5.77. The largest absolute Gasteiger partial charge is 0.359 e. The molecule has 1 aromatic heterocycles. The average molecular weight is 271 g/mol. The van der Waals surface area contributed by atoms with E-state index >= 15 is 0 Å². The van der Waals surface area contributed by atoms with Crippen LogP contribution < -0.4 is 10.6 Å². The maximum Gasteiger partial charge on any atom is 0.271 e. The van der Waals surface area contributed by atoms with E-state index in [-0.39, 0.29) is 23.3 Å². The van der Waals surface area contributed by atoms with Gasteiger partial charge in [0, 0.05) is 13.6 Å². The Morgan fingerprint density at radius 2 is 2.00 bits per heavy atom. The molecular formula is C11H15ClN4O2. The number of aromatic nitrogens is 2. The number of amides is 2. The van der Waals surface area contributed by atoms with Gasteiger partial charge in [0.25, 0.3) is 5.91 Å². The molecule has 0 radical (unpaired) electrons. The maximum absolute atomic E-state index is 11.7. The molecule has 0 fully saturated rings. The van der Waals surface area contributed by atoms with E-state index in [1.165, 1.54) is 12.4 Å². The summed E-state index contributed by atoms with van der Waals surface area (Å²) in [5.41, 5.74) is -0.531. The zero-order valence-electron chi connectivity index (χ0n) is 10.5. The zero-order chi connectivity index (χ0) is 13.8. The molecule has 2 amide bonds. The normalized spacial score (nSPS) is 10.9. The molecule has 98 valence electrons. The maximum atomic E-state index is 11.7. The van der Waals surface area contributed by atoms with E-state index in [0.717, 1.165) is 0 Å². The van der Waals surface area contributed by atoms with Crippen LogP contribution in [0, 0.1) is 5.41 Å². The molecule has 0 atom stereocenters. The molecule has 2 N–H and O–H groups in total. The Labute approximate surface area is 110 Å². The molecule has 6 nitrogen and oxygen atoms in total. The van der Waals surface area contributed by atoms with Crippen LogP contribution in [-0.4, -0.2) is 35.4 Å². The second-order valence-corrected chi connectivity index (χ2v) is 4.76. The Morgan fingerprint density at radius 1 is 1.33 bits per heavy atom. The highest BCUT2D eigenvalue weighted by molar-refractivity contribution is 6.29. The Bertz CT molecular complexity index is 445. The standard InChI is InChI=1S/C11H15ClN4O2/c1-11(2,10(18)13-3)6-16-9(17)7-4-15-8(12)5-14-7/h4-5H,6H2,1-3H3,(H,13,18)(H,16,17). The number of nitrogens with zero attached hydrogens (tertiary/aromatic N) is 2. The van der Waals surface area contributed by atoms with Gasteiger partial charge >= 0.3 is 0 Å². The van der Waals surface area contributed by atoms with Gasteiger partial charge in [-0.15, -0.1) is 0 Å². The van der Waals surface area contributed by atoms with Crippen LogP contribution in [0.15, 0.2) is 12.4 Å². The molecule has 0 aliphatic heterocycles. The van der Waals surface area contributed by atoms with Gasteiger partial charge in [-0.2, -0.15) is 0 Å². The molecule has 0 aliphatic rings. The number of carbonyl (C=O) groups excluding carboxylic acids is 2. The van der Waals surface area contributed by atoms with E-state index in [1.807, 2.05) is 0 Å². The van der Waals surface area contributed by atoms with Crippen LogP contribution in [0.1, 0.15) is 24.3 Å². The molecule has 0 saturated carbocycles. The van der Waals surface area contributed by atoms with Crippen LogP contribution in [0.3, 0.4) is 0 Å². The lowest BCUT2D eigenvalue weighted by atomic mass is 9.92. The van der Waals surface area contributed by atoms with Crippen molar-refractivity contribution in [1.82, 2.24) is 20.6 Å². The minimum absolute atomic E-state index is 0.148. The topological polar surface area (TPSA) is 84.0 Å². The molecule has 0 bridgehead atoms. The first-order valence-corrected chi connectivity index (χ1v) is 5.72. The van der Waals surface area contributed by atoms with Crippen LogP contribution in [0.25, 0.3) is 0 Å². The monoisotopic (exact) mass is 270 g/mol. The van der Waals surface area contributed by atoms with Gasteiger partial charge < -0.3 is 10.6 Å². The predicted molar refractivity (Wildman–Crippen MR) is 67.2 cm³/mol. The Balaban J connectivity index is 2.61. The van der Waals surface area contributed by atoms with Gasteiger partial charge in [0.05, 0.1) is 17.8 Å². The summed E-state index contributed by atoms with van der Waals surface area (Å²) in [6.07, 6.45) is 2.57. The third kappa shape index (κ3) is 3.66. The van der Waals surface area contributed by atoms with E-state index in [9.17, 15) is 9.59 Å². The fourth-order valence-corrected chi connectivity index (χ4v) is 1.34. The van der Waals surface area contributed by atoms with Crippen LogP contribution in [0.5, 0.6) is 0 Å². The van der Waals surface area contributed by atoms with Gasteiger partial charge in [0.15, 0.2) is 0 Å². The van der Waals surface area contributed by atoms with Crippen LogP contribution in [0.2, 0.25) is 5.15 Å². The lowest BCUT2D eigenvalue weighted by Crippen LogP contribution is -2.43. The van der Waals surface area contributed by atoms with Gasteiger partial charge in [-0.25, -0.2) is 9.97 Å². The van der Waals surface area contributed by atoms with Crippen LogP contribution in [-0.2, 0) is 4.79 Å². The molecule has 0 aromatic carbocycles. The van der Waals surface area contributed by atoms with E-state index in [0.29, 0.717) is 0 Å². The summed E-state index contributed by atoms with van der Waals surface area (Å²) in [6, 6.07) is 0. The van der Waals surface area contributed by atoms with Crippen molar-refractivity contribution in [2.24, 2.45) is 5.41 Å². The Morgan fingerprint density at radius 3 is 2.50 bits per heavy atom. The van der Waals surface area contributed by atoms with Gasteiger partial charge in [-0.3, -0.25) is 9.59 Å². The van der Waals surface area contributed by atoms with Gasteiger partial charge in [-0.05, 0) is 13.8 Å². The smallest absolute Gasteiger partial charge is 0.271 e. The van der Waals surface area contributed by atoms with Gasteiger partial charge in [0.2, 0.25) is 5.91 Å². The summed E-state index contributed by atoms with van der Waals surface area (Å²) in [4.78, 5) is 30.8. The number of hydrogen-bond acceptors (Lipinski definition) is 4. The second-order valence-electron chi connectivity index (χ2n) is 4.37. The quantitative estimate of drug-likeness (QED) is 0.841. The first kappa shape index (κ1) is 14.4. The third-order valence-corrected chi connectivity index (χ3v) is 2.58.